The molecule has 2 aromatic carbocycles. The molecule has 0 aliphatic carbocycles. The zero-order valence-electron chi connectivity index (χ0n) is 14.8. The topological polar surface area (TPSA) is 70.8 Å². The van der Waals surface area contributed by atoms with Crippen LogP contribution < -0.4 is 9.47 Å². The number of carbonyl (C=O) groups is 1. The predicted molar refractivity (Wildman–Crippen MR) is 95.3 cm³/mol. The average molecular weight is 353 g/mol. The highest BCUT2D eigenvalue weighted by molar-refractivity contribution is 5.88. The fraction of sp³-hybridized carbons (Fsp3) is 0.200. The van der Waals surface area contributed by atoms with Gasteiger partial charge < -0.3 is 18.6 Å². The Kier molecular flexibility index (Phi) is 5.22. The van der Waals surface area contributed by atoms with Crippen molar-refractivity contribution in [1.82, 2.24) is 4.98 Å². The third-order valence-corrected chi connectivity index (χ3v) is 3.86. The molecular formula is C20H19NO5. The van der Waals surface area contributed by atoms with Gasteiger partial charge in [0, 0.05) is 11.1 Å². The van der Waals surface area contributed by atoms with Gasteiger partial charge in [-0.25, -0.2) is 9.78 Å². The van der Waals surface area contributed by atoms with Crippen LogP contribution >= 0.6 is 0 Å². The van der Waals surface area contributed by atoms with E-state index in [4.69, 9.17) is 18.6 Å². The van der Waals surface area contributed by atoms with E-state index >= 15 is 0 Å². The summed E-state index contributed by atoms with van der Waals surface area (Å²) >= 11 is 0. The SMILES string of the molecule is COc1ccc(OC)c(COC(=O)c2nc(-c3ccccc3)oc2C)c1. The van der Waals surface area contributed by atoms with Crippen LogP contribution in [0.1, 0.15) is 21.8 Å². The molecule has 0 fully saturated rings. The molecule has 0 spiro atoms. The lowest BCUT2D eigenvalue weighted by Crippen LogP contribution is -2.08. The first-order chi connectivity index (χ1) is 12.6. The van der Waals surface area contributed by atoms with Crippen molar-refractivity contribution in [3.05, 3.63) is 65.5 Å². The van der Waals surface area contributed by atoms with Crippen LogP contribution in [-0.2, 0) is 11.3 Å². The minimum absolute atomic E-state index is 0.0339. The molecule has 3 rings (SSSR count). The van der Waals surface area contributed by atoms with Crippen LogP contribution in [0.15, 0.2) is 52.9 Å². The normalized spacial score (nSPS) is 10.4. The molecule has 0 saturated carbocycles. The van der Waals surface area contributed by atoms with Crippen molar-refractivity contribution in [3.8, 4) is 23.0 Å². The third kappa shape index (κ3) is 3.69. The maximum Gasteiger partial charge on any atom is 0.360 e. The summed E-state index contributed by atoms with van der Waals surface area (Å²) < 4.78 is 21.5. The third-order valence-electron chi connectivity index (χ3n) is 3.86. The van der Waals surface area contributed by atoms with Gasteiger partial charge in [0.25, 0.3) is 0 Å². The number of benzene rings is 2. The smallest absolute Gasteiger partial charge is 0.360 e. The lowest BCUT2D eigenvalue weighted by atomic mass is 10.2. The number of carbonyl (C=O) groups excluding carboxylic acids is 1. The van der Waals surface area contributed by atoms with E-state index in [9.17, 15) is 4.79 Å². The van der Waals surface area contributed by atoms with Gasteiger partial charge in [0.05, 0.1) is 14.2 Å². The van der Waals surface area contributed by atoms with Crippen molar-refractivity contribution in [1.29, 1.82) is 0 Å². The van der Waals surface area contributed by atoms with E-state index in [1.54, 1.807) is 39.3 Å². The number of hydrogen-bond acceptors (Lipinski definition) is 6. The Bertz CT molecular complexity index is 902. The Morgan fingerprint density at radius 1 is 1.08 bits per heavy atom. The van der Waals surface area contributed by atoms with Crippen LogP contribution in [0.5, 0.6) is 11.5 Å². The number of rotatable bonds is 6. The maximum absolute atomic E-state index is 12.4. The number of aryl methyl sites for hydroxylation is 1. The van der Waals surface area contributed by atoms with Crippen molar-refractivity contribution in [2.75, 3.05) is 14.2 Å². The molecule has 1 heterocycles. The molecule has 0 aliphatic rings. The fourth-order valence-electron chi connectivity index (χ4n) is 2.50. The van der Waals surface area contributed by atoms with Gasteiger partial charge in [0.15, 0.2) is 5.69 Å². The first-order valence-electron chi connectivity index (χ1n) is 8.03. The van der Waals surface area contributed by atoms with Crippen molar-refractivity contribution in [3.63, 3.8) is 0 Å². The Morgan fingerprint density at radius 3 is 2.54 bits per heavy atom. The predicted octanol–water partition coefficient (Wildman–Crippen LogP) is 4.02. The number of aromatic nitrogens is 1. The average Bonchev–Trinajstić information content (AvgIpc) is 3.08. The second-order valence-corrected chi connectivity index (χ2v) is 5.54. The first kappa shape index (κ1) is 17.5. The molecule has 0 radical (unpaired) electrons. The van der Waals surface area contributed by atoms with Gasteiger partial charge in [-0.05, 0) is 37.3 Å². The zero-order chi connectivity index (χ0) is 18.5. The number of oxazole rings is 1. The lowest BCUT2D eigenvalue weighted by Gasteiger charge is -2.10. The Balaban J connectivity index is 1.76. The van der Waals surface area contributed by atoms with Crippen LogP contribution in [0.2, 0.25) is 0 Å². The molecule has 0 N–H and O–H groups in total. The van der Waals surface area contributed by atoms with Crippen LogP contribution in [0.3, 0.4) is 0 Å². The Labute approximate surface area is 151 Å². The second-order valence-electron chi connectivity index (χ2n) is 5.54. The molecule has 0 unspecified atom stereocenters. The fourth-order valence-corrected chi connectivity index (χ4v) is 2.50. The summed E-state index contributed by atoms with van der Waals surface area (Å²) in [6.07, 6.45) is 0. The number of esters is 1. The summed E-state index contributed by atoms with van der Waals surface area (Å²) in [6.45, 7) is 1.72. The molecule has 0 amide bonds. The highest BCUT2D eigenvalue weighted by Crippen LogP contribution is 2.26. The first-order valence-corrected chi connectivity index (χ1v) is 8.03. The molecule has 6 heteroatoms. The number of methoxy groups -OCH3 is 2. The van der Waals surface area contributed by atoms with Crippen LogP contribution in [0.25, 0.3) is 11.5 Å². The van der Waals surface area contributed by atoms with E-state index in [0.717, 1.165) is 5.56 Å². The van der Waals surface area contributed by atoms with Crippen molar-refractivity contribution in [2.45, 2.75) is 13.5 Å². The van der Waals surface area contributed by atoms with Gasteiger partial charge in [-0.3, -0.25) is 0 Å². The second kappa shape index (κ2) is 7.74. The van der Waals surface area contributed by atoms with Crippen LogP contribution in [-0.4, -0.2) is 25.2 Å². The van der Waals surface area contributed by atoms with E-state index in [0.29, 0.717) is 28.7 Å². The van der Waals surface area contributed by atoms with Crippen LogP contribution in [0, 0.1) is 6.92 Å². The van der Waals surface area contributed by atoms with E-state index in [1.165, 1.54) is 0 Å². The van der Waals surface area contributed by atoms with Gasteiger partial charge in [-0.2, -0.15) is 0 Å². The van der Waals surface area contributed by atoms with Crippen molar-refractivity contribution >= 4 is 5.97 Å². The molecule has 1 aromatic heterocycles. The summed E-state index contributed by atoms with van der Waals surface area (Å²) in [7, 11) is 3.13. The summed E-state index contributed by atoms with van der Waals surface area (Å²) in [6, 6.07) is 14.7. The molecule has 0 aliphatic heterocycles. The molecule has 0 atom stereocenters. The minimum Gasteiger partial charge on any atom is -0.497 e. The summed E-state index contributed by atoms with van der Waals surface area (Å²) in [5, 5.41) is 0. The monoisotopic (exact) mass is 353 g/mol. The molecule has 26 heavy (non-hydrogen) atoms. The van der Waals surface area contributed by atoms with Crippen molar-refractivity contribution in [2.24, 2.45) is 0 Å². The number of nitrogens with zero attached hydrogens (tertiary/aromatic N) is 1. The largest absolute Gasteiger partial charge is 0.497 e. The van der Waals surface area contributed by atoms with Gasteiger partial charge in [-0.1, -0.05) is 18.2 Å². The molecule has 6 nitrogen and oxygen atoms in total. The molecule has 0 saturated heterocycles. The lowest BCUT2D eigenvalue weighted by molar-refractivity contribution is 0.0461. The van der Waals surface area contributed by atoms with E-state index in [-0.39, 0.29) is 12.3 Å². The summed E-state index contributed by atoms with van der Waals surface area (Å²) in [4.78, 5) is 16.7. The Morgan fingerprint density at radius 2 is 1.85 bits per heavy atom. The number of hydrogen-bond donors (Lipinski definition) is 0. The molecule has 134 valence electrons. The highest BCUT2D eigenvalue weighted by Gasteiger charge is 2.20. The van der Waals surface area contributed by atoms with E-state index in [2.05, 4.69) is 4.98 Å². The maximum atomic E-state index is 12.4. The molecule has 3 aromatic rings. The molecule has 0 bridgehead atoms. The van der Waals surface area contributed by atoms with E-state index in [1.807, 2.05) is 30.3 Å². The summed E-state index contributed by atoms with van der Waals surface area (Å²) in [5.41, 5.74) is 1.65. The Hall–Kier alpha value is -3.28. The zero-order valence-corrected chi connectivity index (χ0v) is 14.8. The van der Waals surface area contributed by atoms with Gasteiger partial charge in [0.2, 0.25) is 5.89 Å². The summed E-state index contributed by atoms with van der Waals surface area (Å²) in [5.74, 6) is 1.50. The highest BCUT2D eigenvalue weighted by atomic mass is 16.5. The molecular weight excluding hydrogens is 334 g/mol. The number of ether oxygens (including phenoxy) is 3. The van der Waals surface area contributed by atoms with Crippen LogP contribution in [0.4, 0.5) is 0 Å². The standard InChI is InChI=1S/C20H19NO5/c1-13-18(21-19(26-13)14-7-5-4-6-8-14)20(22)25-12-15-11-16(23-2)9-10-17(15)24-3/h4-11H,12H2,1-3H3. The van der Waals surface area contributed by atoms with E-state index < -0.39 is 5.97 Å². The van der Waals surface area contributed by atoms with Gasteiger partial charge in [0.1, 0.15) is 23.9 Å². The van der Waals surface area contributed by atoms with Crippen molar-refractivity contribution < 1.29 is 23.4 Å². The quantitative estimate of drug-likeness (QED) is 0.623. The van der Waals surface area contributed by atoms with Gasteiger partial charge >= 0.3 is 5.97 Å². The van der Waals surface area contributed by atoms with Gasteiger partial charge in [-0.15, -0.1) is 0 Å². The minimum atomic E-state index is -0.557.